The second-order valence-corrected chi connectivity index (χ2v) is 4.45. The minimum atomic E-state index is -4.69. The summed E-state index contributed by atoms with van der Waals surface area (Å²) in [5.74, 6) is -2.03. The van der Waals surface area contributed by atoms with E-state index in [0.717, 1.165) is 30.4 Å². The smallest absolute Gasteiger partial charge is 0.417 e. The quantitative estimate of drug-likeness (QED) is 0.664. The molecule has 1 N–H and O–H groups in total. The lowest BCUT2D eigenvalue weighted by Crippen LogP contribution is -2.08. The Morgan fingerprint density at radius 2 is 1.73 bits per heavy atom. The van der Waals surface area contributed by atoms with Gasteiger partial charge in [0.25, 0.3) is 0 Å². The first-order valence-electron chi connectivity index (χ1n) is 6.16. The van der Waals surface area contributed by atoms with E-state index < -0.39 is 23.5 Å². The summed E-state index contributed by atoms with van der Waals surface area (Å²) in [7, 11) is 0. The third-order valence-electron chi connectivity index (χ3n) is 2.93. The molecule has 0 aliphatic rings. The van der Waals surface area contributed by atoms with Crippen molar-refractivity contribution in [2.24, 2.45) is 0 Å². The van der Waals surface area contributed by atoms with Gasteiger partial charge in [-0.2, -0.15) is 13.2 Å². The second kappa shape index (κ2) is 6.01. The van der Waals surface area contributed by atoms with Gasteiger partial charge in [0.1, 0.15) is 5.82 Å². The molecule has 0 aliphatic heterocycles. The monoisotopic (exact) mass is 310 g/mol. The Morgan fingerprint density at radius 3 is 2.32 bits per heavy atom. The normalized spacial score (nSPS) is 11.8. The van der Waals surface area contributed by atoms with Crippen LogP contribution < -0.4 is 0 Å². The van der Waals surface area contributed by atoms with Crippen molar-refractivity contribution in [2.75, 3.05) is 0 Å². The molecule has 0 aromatic heterocycles. The molecular weight excluding hydrogens is 300 g/mol. The summed E-state index contributed by atoms with van der Waals surface area (Å²) in [6, 6.07) is 8.38. The van der Waals surface area contributed by atoms with Crippen LogP contribution >= 0.6 is 0 Å². The average Bonchev–Trinajstić information content (AvgIpc) is 2.44. The Balaban J connectivity index is 2.60. The van der Waals surface area contributed by atoms with E-state index in [9.17, 15) is 22.4 Å². The van der Waals surface area contributed by atoms with E-state index in [0.29, 0.717) is 0 Å². The van der Waals surface area contributed by atoms with Gasteiger partial charge in [0.2, 0.25) is 0 Å². The Morgan fingerprint density at radius 1 is 1.05 bits per heavy atom. The van der Waals surface area contributed by atoms with Gasteiger partial charge in [0.05, 0.1) is 5.56 Å². The number of carboxylic acid groups (broad SMARTS) is 1. The van der Waals surface area contributed by atoms with E-state index >= 15 is 0 Å². The highest BCUT2D eigenvalue weighted by molar-refractivity contribution is 5.85. The van der Waals surface area contributed by atoms with Crippen LogP contribution in [0.15, 0.2) is 48.5 Å². The van der Waals surface area contributed by atoms with Gasteiger partial charge < -0.3 is 5.11 Å². The van der Waals surface area contributed by atoms with E-state index in [-0.39, 0.29) is 16.7 Å². The lowest BCUT2D eigenvalue weighted by atomic mass is 9.96. The van der Waals surface area contributed by atoms with Crippen LogP contribution in [0, 0.1) is 5.82 Å². The van der Waals surface area contributed by atoms with Gasteiger partial charge in [-0.15, -0.1) is 0 Å². The number of alkyl halides is 3. The van der Waals surface area contributed by atoms with E-state index in [1.807, 2.05) is 0 Å². The van der Waals surface area contributed by atoms with Crippen LogP contribution in [0.4, 0.5) is 17.6 Å². The number of rotatable bonds is 3. The van der Waals surface area contributed by atoms with Crippen LogP contribution in [0.25, 0.3) is 17.2 Å². The Hall–Kier alpha value is -2.63. The third kappa shape index (κ3) is 3.52. The lowest BCUT2D eigenvalue weighted by molar-refractivity contribution is -0.137. The highest BCUT2D eigenvalue weighted by Crippen LogP contribution is 2.38. The summed E-state index contributed by atoms with van der Waals surface area (Å²) >= 11 is 0. The molecule has 0 saturated heterocycles. The van der Waals surface area contributed by atoms with Gasteiger partial charge in [0.15, 0.2) is 0 Å². The maximum atomic E-state index is 13.7. The van der Waals surface area contributed by atoms with Crippen molar-refractivity contribution in [3.63, 3.8) is 0 Å². The number of hydrogen-bond acceptors (Lipinski definition) is 1. The predicted octanol–water partition coefficient (Wildman–Crippen LogP) is 4.61. The second-order valence-electron chi connectivity index (χ2n) is 4.45. The average molecular weight is 310 g/mol. The predicted molar refractivity (Wildman–Crippen MR) is 73.5 cm³/mol. The number of carboxylic acids is 1. The van der Waals surface area contributed by atoms with Crippen LogP contribution in [0.2, 0.25) is 0 Å². The van der Waals surface area contributed by atoms with E-state index in [1.54, 1.807) is 0 Å². The van der Waals surface area contributed by atoms with E-state index in [2.05, 4.69) is 0 Å². The fraction of sp³-hybridized carbons (Fsp3) is 0.0625. The van der Waals surface area contributed by atoms with Gasteiger partial charge in [-0.1, -0.05) is 30.3 Å². The van der Waals surface area contributed by atoms with Crippen molar-refractivity contribution in [3.8, 4) is 11.1 Å². The summed E-state index contributed by atoms with van der Waals surface area (Å²) in [6.07, 6.45) is -2.91. The zero-order chi connectivity index (χ0) is 16.3. The topological polar surface area (TPSA) is 37.3 Å². The molecule has 0 radical (unpaired) electrons. The molecule has 0 atom stereocenters. The van der Waals surface area contributed by atoms with E-state index in [1.165, 1.54) is 24.3 Å². The Kier molecular flexibility index (Phi) is 4.30. The van der Waals surface area contributed by atoms with Gasteiger partial charge in [0, 0.05) is 11.6 Å². The highest BCUT2D eigenvalue weighted by atomic mass is 19.4. The summed E-state index contributed by atoms with van der Waals surface area (Å²) in [6.45, 7) is 0. The summed E-state index contributed by atoms with van der Waals surface area (Å²) in [5.41, 5.74) is -1.42. The first-order valence-corrected chi connectivity index (χ1v) is 6.16. The molecule has 2 rings (SSSR count). The molecule has 0 bridgehead atoms. The third-order valence-corrected chi connectivity index (χ3v) is 2.93. The zero-order valence-electron chi connectivity index (χ0n) is 11.1. The van der Waals surface area contributed by atoms with Crippen LogP contribution in [0.1, 0.15) is 11.1 Å². The zero-order valence-corrected chi connectivity index (χ0v) is 11.1. The molecule has 2 aromatic carbocycles. The molecular formula is C16H10F4O2. The van der Waals surface area contributed by atoms with Crippen LogP contribution in [0.3, 0.4) is 0 Å². The SMILES string of the molecule is O=C(O)/C=C/c1ccc(-c2ccccc2F)c(C(F)(F)F)c1. The molecule has 0 spiro atoms. The molecule has 0 heterocycles. The number of benzene rings is 2. The summed E-state index contributed by atoms with van der Waals surface area (Å²) in [5, 5.41) is 8.51. The molecule has 0 amide bonds. The summed E-state index contributed by atoms with van der Waals surface area (Å²) < 4.78 is 53.3. The van der Waals surface area contributed by atoms with Crippen molar-refractivity contribution < 1.29 is 27.5 Å². The number of aliphatic carboxylic acids is 1. The molecule has 114 valence electrons. The fourth-order valence-electron chi connectivity index (χ4n) is 1.98. The van der Waals surface area contributed by atoms with Gasteiger partial charge in [-0.05, 0) is 29.3 Å². The van der Waals surface area contributed by atoms with Crippen molar-refractivity contribution in [1.82, 2.24) is 0 Å². The number of carbonyl (C=O) groups is 1. The van der Waals surface area contributed by atoms with Gasteiger partial charge in [-0.25, -0.2) is 9.18 Å². The molecule has 0 unspecified atom stereocenters. The largest absolute Gasteiger partial charge is 0.478 e. The number of halogens is 4. The van der Waals surface area contributed by atoms with Gasteiger partial charge in [-0.3, -0.25) is 0 Å². The molecule has 0 aliphatic carbocycles. The standard InChI is InChI=1S/C16H10F4O2/c17-14-4-2-1-3-12(14)11-7-5-10(6-8-15(21)22)9-13(11)16(18,19)20/h1-9H,(H,21,22)/b8-6+. The van der Waals surface area contributed by atoms with Crippen LogP contribution in [-0.2, 0) is 11.0 Å². The maximum Gasteiger partial charge on any atom is 0.417 e. The summed E-state index contributed by atoms with van der Waals surface area (Å²) in [4.78, 5) is 10.4. The molecule has 22 heavy (non-hydrogen) atoms. The minimum Gasteiger partial charge on any atom is -0.478 e. The Labute approximate surface area is 123 Å². The van der Waals surface area contributed by atoms with Crippen molar-refractivity contribution >= 4 is 12.0 Å². The van der Waals surface area contributed by atoms with Crippen molar-refractivity contribution in [2.45, 2.75) is 6.18 Å². The lowest BCUT2D eigenvalue weighted by Gasteiger charge is -2.14. The maximum absolute atomic E-state index is 13.7. The molecule has 0 fully saturated rings. The minimum absolute atomic E-state index is 0.0646. The highest BCUT2D eigenvalue weighted by Gasteiger charge is 2.34. The molecule has 0 saturated carbocycles. The molecule has 2 nitrogen and oxygen atoms in total. The Bertz CT molecular complexity index is 733. The molecule has 2 aromatic rings. The first-order chi connectivity index (χ1) is 10.3. The van der Waals surface area contributed by atoms with E-state index in [4.69, 9.17) is 5.11 Å². The van der Waals surface area contributed by atoms with Crippen molar-refractivity contribution in [3.05, 3.63) is 65.5 Å². The van der Waals surface area contributed by atoms with Crippen molar-refractivity contribution in [1.29, 1.82) is 0 Å². The number of hydrogen-bond donors (Lipinski definition) is 1. The van der Waals surface area contributed by atoms with Crippen LogP contribution in [0.5, 0.6) is 0 Å². The molecule has 6 heteroatoms. The van der Waals surface area contributed by atoms with Crippen LogP contribution in [-0.4, -0.2) is 11.1 Å². The fourth-order valence-corrected chi connectivity index (χ4v) is 1.98. The van der Waals surface area contributed by atoms with Gasteiger partial charge >= 0.3 is 12.1 Å². The first kappa shape index (κ1) is 15.8.